The van der Waals surface area contributed by atoms with Crippen LogP contribution < -0.4 is 5.73 Å². The number of pyridine rings is 1. The van der Waals surface area contributed by atoms with Crippen LogP contribution in [-0.2, 0) is 17.8 Å². The first-order valence-corrected chi connectivity index (χ1v) is 6.71. The van der Waals surface area contributed by atoms with E-state index in [9.17, 15) is 0 Å². The van der Waals surface area contributed by atoms with Gasteiger partial charge in [-0.05, 0) is 17.5 Å². The number of hydrogen-bond donors (Lipinski definition) is 2. The van der Waals surface area contributed by atoms with Crippen molar-refractivity contribution in [3.05, 3.63) is 52.0 Å². The third kappa shape index (κ3) is 3.77. The molecule has 2 aromatic heterocycles. The minimum atomic E-state index is -0.00235. The maximum absolute atomic E-state index is 8.69. The van der Waals surface area contributed by atoms with E-state index in [1.54, 1.807) is 23.6 Å². The van der Waals surface area contributed by atoms with Gasteiger partial charge in [0.05, 0.1) is 13.2 Å². The van der Waals surface area contributed by atoms with Gasteiger partial charge in [-0.25, -0.2) is 0 Å². The smallest absolute Gasteiger partial charge is 0.189 e. The molecule has 6 heteroatoms. The summed E-state index contributed by atoms with van der Waals surface area (Å²) in [5, 5.41) is 13.7. The Hall–Kier alpha value is -1.92. The molecule has 0 aromatic carbocycles. The second kappa shape index (κ2) is 6.86. The highest BCUT2D eigenvalue weighted by Crippen LogP contribution is 2.11. The normalized spacial score (nSPS) is 11.7. The van der Waals surface area contributed by atoms with E-state index in [0.717, 1.165) is 12.0 Å². The highest BCUT2D eigenvalue weighted by atomic mass is 32.1. The lowest BCUT2D eigenvalue weighted by atomic mass is 10.2. The summed E-state index contributed by atoms with van der Waals surface area (Å²) in [5.74, 6) is -0.00235. The third-order valence-electron chi connectivity index (χ3n) is 2.57. The maximum Gasteiger partial charge on any atom is 0.189 e. The molecule has 0 aliphatic rings. The predicted octanol–water partition coefficient (Wildman–Crippen LogP) is 2.00. The lowest BCUT2D eigenvalue weighted by molar-refractivity contribution is 0.124. The van der Waals surface area contributed by atoms with Crippen LogP contribution in [0.25, 0.3) is 0 Å². The molecule has 3 N–H and O–H groups in total. The first-order chi connectivity index (χ1) is 9.31. The van der Waals surface area contributed by atoms with E-state index in [0.29, 0.717) is 18.9 Å². The van der Waals surface area contributed by atoms with Gasteiger partial charge in [0, 0.05) is 23.1 Å². The number of rotatable bonds is 6. The average molecular weight is 277 g/mol. The fraction of sp³-hybridized carbons (Fsp3) is 0.231. The molecule has 0 radical (unpaired) electrons. The van der Waals surface area contributed by atoms with Crippen LogP contribution in [0.3, 0.4) is 0 Å². The zero-order chi connectivity index (χ0) is 13.5. The van der Waals surface area contributed by atoms with Gasteiger partial charge in [0.2, 0.25) is 0 Å². The summed E-state index contributed by atoms with van der Waals surface area (Å²) in [6.07, 6.45) is 2.49. The van der Waals surface area contributed by atoms with Crippen LogP contribution in [0.1, 0.15) is 16.1 Å². The highest BCUT2D eigenvalue weighted by Gasteiger charge is 2.08. The molecule has 2 aromatic rings. The standard InChI is InChI=1S/C13H15N3O2S/c14-13(16-17)12-10(3-1-6-15-12)9-18-7-5-11-4-2-8-19-11/h1-4,6,8,17H,5,7,9H2,(H2,14,16). The van der Waals surface area contributed by atoms with Crippen molar-refractivity contribution in [1.82, 2.24) is 4.98 Å². The molecule has 0 atom stereocenters. The van der Waals surface area contributed by atoms with Crippen LogP contribution >= 0.6 is 11.3 Å². The molecule has 0 aliphatic carbocycles. The predicted molar refractivity (Wildman–Crippen MR) is 74.4 cm³/mol. The van der Waals surface area contributed by atoms with Gasteiger partial charge >= 0.3 is 0 Å². The minimum absolute atomic E-state index is 0.00235. The number of oxime groups is 1. The Labute approximate surface area is 115 Å². The van der Waals surface area contributed by atoms with Crippen molar-refractivity contribution in [2.75, 3.05) is 6.61 Å². The number of thiophene rings is 1. The van der Waals surface area contributed by atoms with Crippen LogP contribution in [0, 0.1) is 0 Å². The topological polar surface area (TPSA) is 80.7 Å². The molecule has 0 bridgehead atoms. The molecule has 0 amide bonds. The summed E-state index contributed by atoms with van der Waals surface area (Å²) < 4.78 is 5.60. The molecule has 0 unspecified atom stereocenters. The van der Waals surface area contributed by atoms with Crippen LogP contribution in [0.2, 0.25) is 0 Å². The van der Waals surface area contributed by atoms with Crippen molar-refractivity contribution >= 4 is 17.2 Å². The quantitative estimate of drug-likeness (QED) is 0.278. The van der Waals surface area contributed by atoms with Gasteiger partial charge in [-0.1, -0.05) is 17.3 Å². The van der Waals surface area contributed by atoms with Gasteiger partial charge in [-0.2, -0.15) is 0 Å². The van der Waals surface area contributed by atoms with Gasteiger partial charge in [-0.15, -0.1) is 11.3 Å². The van der Waals surface area contributed by atoms with Gasteiger partial charge in [0.1, 0.15) is 5.69 Å². The van der Waals surface area contributed by atoms with Crippen molar-refractivity contribution in [3.63, 3.8) is 0 Å². The molecule has 5 nitrogen and oxygen atoms in total. The van der Waals surface area contributed by atoms with E-state index in [1.807, 2.05) is 17.5 Å². The molecule has 0 fully saturated rings. The van der Waals surface area contributed by atoms with E-state index in [-0.39, 0.29) is 5.84 Å². The van der Waals surface area contributed by atoms with Crippen molar-refractivity contribution < 1.29 is 9.94 Å². The summed E-state index contributed by atoms with van der Waals surface area (Å²) in [5.41, 5.74) is 6.83. The number of ether oxygens (including phenoxy) is 1. The van der Waals surface area contributed by atoms with Crippen LogP contribution in [0.5, 0.6) is 0 Å². The van der Waals surface area contributed by atoms with Crippen molar-refractivity contribution in [3.8, 4) is 0 Å². The Bertz CT molecular complexity index is 541. The molecular formula is C13H15N3O2S. The molecule has 0 saturated heterocycles. The summed E-state index contributed by atoms with van der Waals surface area (Å²) in [6, 6.07) is 7.76. The second-order valence-corrected chi connectivity index (χ2v) is 4.91. The van der Waals surface area contributed by atoms with Crippen molar-refractivity contribution in [2.24, 2.45) is 10.9 Å². The fourth-order valence-corrected chi connectivity index (χ4v) is 2.33. The highest BCUT2D eigenvalue weighted by molar-refractivity contribution is 7.09. The van der Waals surface area contributed by atoms with Gasteiger partial charge in [0.25, 0.3) is 0 Å². The average Bonchev–Trinajstić information content (AvgIpc) is 2.96. The van der Waals surface area contributed by atoms with E-state index in [2.05, 4.69) is 16.2 Å². The second-order valence-electron chi connectivity index (χ2n) is 3.88. The Morgan fingerprint density at radius 2 is 2.32 bits per heavy atom. The van der Waals surface area contributed by atoms with Gasteiger partial charge in [-0.3, -0.25) is 4.98 Å². The zero-order valence-corrected chi connectivity index (χ0v) is 11.1. The molecule has 2 heterocycles. The Kier molecular flexibility index (Phi) is 4.88. The van der Waals surface area contributed by atoms with E-state index < -0.39 is 0 Å². The molecule has 0 spiro atoms. The third-order valence-corrected chi connectivity index (χ3v) is 3.51. The lowest BCUT2D eigenvalue weighted by Gasteiger charge is -2.07. The zero-order valence-electron chi connectivity index (χ0n) is 10.3. The summed E-state index contributed by atoms with van der Waals surface area (Å²) in [6.45, 7) is 1.02. The number of hydrogen-bond acceptors (Lipinski definition) is 5. The van der Waals surface area contributed by atoms with Crippen molar-refractivity contribution in [2.45, 2.75) is 13.0 Å². The summed E-state index contributed by atoms with van der Waals surface area (Å²) in [7, 11) is 0. The fourth-order valence-electron chi connectivity index (χ4n) is 1.64. The van der Waals surface area contributed by atoms with E-state index in [1.165, 1.54) is 4.88 Å². The molecular weight excluding hydrogens is 262 g/mol. The SMILES string of the molecule is NC(=NO)c1ncccc1COCCc1cccs1. The van der Waals surface area contributed by atoms with E-state index >= 15 is 0 Å². The summed E-state index contributed by atoms with van der Waals surface area (Å²) >= 11 is 1.72. The first kappa shape index (κ1) is 13.5. The number of nitrogens with two attached hydrogens (primary N) is 1. The van der Waals surface area contributed by atoms with Crippen LogP contribution in [0.4, 0.5) is 0 Å². The number of amidine groups is 1. The molecule has 100 valence electrons. The molecule has 0 aliphatic heterocycles. The monoisotopic (exact) mass is 277 g/mol. The van der Waals surface area contributed by atoms with E-state index in [4.69, 9.17) is 15.7 Å². The van der Waals surface area contributed by atoms with Crippen LogP contribution in [0.15, 0.2) is 41.0 Å². The summed E-state index contributed by atoms with van der Waals surface area (Å²) in [4.78, 5) is 5.38. The Morgan fingerprint density at radius 1 is 1.42 bits per heavy atom. The number of nitrogens with zero attached hydrogens (tertiary/aromatic N) is 2. The molecule has 2 rings (SSSR count). The lowest BCUT2D eigenvalue weighted by Crippen LogP contribution is -2.18. The minimum Gasteiger partial charge on any atom is -0.409 e. The largest absolute Gasteiger partial charge is 0.409 e. The Balaban J connectivity index is 1.89. The number of aromatic nitrogens is 1. The Morgan fingerprint density at radius 3 is 3.05 bits per heavy atom. The molecule has 19 heavy (non-hydrogen) atoms. The van der Waals surface area contributed by atoms with Crippen molar-refractivity contribution in [1.29, 1.82) is 0 Å². The van der Waals surface area contributed by atoms with Crippen LogP contribution in [-0.4, -0.2) is 22.6 Å². The maximum atomic E-state index is 8.69. The van der Waals surface area contributed by atoms with Gasteiger partial charge in [0.15, 0.2) is 5.84 Å². The molecule has 0 saturated carbocycles. The van der Waals surface area contributed by atoms with Gasteiger partial charge < -0.3 is 15.7 Å². The first-order valence-electron chi connectivity index (χ1n) is 5.83.